The molecule has 1 N–H and O–H groups in total. The summed E-state index contributed by atoms with van der Waals surface area (Å²) >= 11 is 0. The number of phenolic OH excluding ortho intramolecular Hbond substituents is 1. The van der Waals surface area contributed by atoms with E-state index in [2.05, 4.69) is 4.98 Å². The molecule has 0 fully saturated rings. The molecular weight excluding hydrogens is 181 g/mol. The number of aromatic hydroxyl groups is 1. The van der Waals surface area contributed by atoms with E-state index in [-0.39, 0.29) is 5.75 Å². The molecule has 1 aromatic carbocycles. The highest BCUT2D eigenvalue weighted by Gasteiger charge is 1.98. The molecule has 0 spiro atoms. The molecule has 0 aliphatic rings. The van der Waals surface area contributed by atoms with Crippen LogP contribution < -0.4 is 0 Å². The highest BCUT2D eigenvalue weighted by molar-refractivity contribution is 5.62. The van der Waals surface area contributed by atoms with Crippen molar-refractivity contribution < 1.29 is 9.50 Å². The van der Waals surface area contributed by atoms with Gasteiger partial charge in [0.05, 0.1) is 0 Å². The summed E-state index contributed by atoms with van der Waals surface area (Å²) in [6.07, 6.45) is 1.46. The average molecular weight is 189 g/mol. The second-order valence-corrected chi connectivity index (χ2v) is 2.92. The fraction of sp³-hybridized carbons (Fsp3) is 0. The molecule has 0 unspecified atom stereocenters. The van der Waals surface area contributed by atoms with Gasteiger partial charge in [0.15, 0.2) is 0 Å². The zero-order chi connectivity index (χ0) is 9.97. The topological polar surface area (TPSA) is 33.1 Å². The van der Waals surface area contributed by atoms with Gasteiger partial charge in [-0.25, -0.2) is 4.98 Å². The van der Waals surface area contributed by atoms with Crippen LogP contribution in [0.5, 0.6) is 5.75 Å². The summed E-state index contributed by atoms with van der Waals surface area (Å²) in [4.78, 5) is 3.55. The van der Waals surface area contributed by atoms with Crippen molar-refractivity contribution in [2.45, 2.75) is 0 Å². The van der Waals surface area contributed by atoms with E-state index in [1.807, 2.05) is 0 Å². The molecule has 0 atom stereocenters. The standard InChI is InChI=1S/C11H8FNO/c12-11-6-3-9(7-13-11)8-1-4-10(14)5-2-8/h1-7,14H. The number of aromatic nitrogens is 1. The number of halogens is 1. The molecule has 0 amide bonds. The van der Waals surface area contributed by atoms with E-state index < -0.39 is 5.95 Å². The zero-order valence-electron chi connectivity index (χ0n) is 7.31. The summed E-state index contributed by atoms with van der Waals surface area (Å²) < 4.78 is 12.5. The van der Waals surface area contributed by atoms with Crippen molar-refractivity contribution in [3.63, 3.8) is 0 Å². The predicted octanol–water partition coefficient (Wildman–Crippen LogP) is 2.59. The first kappa shape index (κ1) is 8.69. The van der Waals surface area contributed by atoms with Gasteiger partial charge in [0, 0.05) is 11.8 Å². The Labute approximate surface area is 80.7 Å². The Balaban J connectivity index is 2.40. The highest BCUT2D eigenvalue weighted by atomic mass is 19.1. The van der Waals surface area contributed by atoms with Crippen LogP contribution in [0.4, 0.5) is 4.39 Å². The van der Waals surface area contributed by atoms with E-state index in [4.69, 9.17) is 5.11 Å². The van der Waals surface area contributed by atoms with Crippen molar-refractivity contribution in [3.05, 3.63) is 48.5 Å². The number of rotatable bonds is 1. The second kappa shape index (κ2) is 3.46. The van der Waals surface area contributed by atoms with E-state index in [9.17, 15) is 4.39 Å². The zero-order valence-corrected chi connectivity index (χ0v) is 7.31. The Bertz CT molecular complexity index is 379. The van der Waals surface area contributed by atoms with E-state index in [0.717, 1.165) is 11.1 Å². The van der Waals surface area contributed by atoms with Gasteiger partial charge in [-0.05, 0) is 29.8 Å². The van der Waals surface area contributed by atoms with Gasteiger partial charge in [0.2, 0.25) is 5.95 Å². The molecule has 2 rings (SSSR count). The molecular formula is C11H8FNO. The molecule has 1 heterocycles. The van der Waals surface area contributed by atoms with Crippen LogP contribution in [0, 0.1) is 5.95 Å². The van der Waals surface area contributed by atoms with Crippen LogP contribution in [0.1, 0.15) is 0 Å². The number of hydrogen-bond donors (Lipinski definition) is 1. The summed E-state index contributed by atoms with van der Waals surface area (Å²) in [6, 6.07) is 9.63. The lowest BCUT2D eigenvalue weighted by Gasteiger charge is -2.00. The van der Waals surface area contributed by atoms with Crippen LogP contribution in [-0.4, -0.2) is 10.1 Å². The quantitative estimate of drug-likeness (QED) is 0.699. The predicted molar refractivity (Wildman–Crippen MR) is 51.3 cm³/mol. The fourth-order valence-corrected chi connectivity index (χ4v) is 1.20. The molecule has 0 aliphatic heterocycles. The Hall–Kier alpha value is -1.90. The Morgan fingerprint density at radius 1 is 0.929 bits per heavy atom. The molecule has 70 valence electrons. The van der Waals surface area contributed by atoms with E-state index in [1.165, 1.54) is 12.3 Å². The summed E-state index contributed by atoms with van der Waals surface area (Å²) in [5, 5.41) is 9.07. The van der Waals surface area contributed by atoms with Crippen molar-refractivity contribution in [2.75, 3.05) is 0 Å². The van der Waals surface area contributed by atoms with Crippen LogP contribution in [0.3, 0.4) is 0 Å². The van der Waals surface area contributed by atoms with E-state index in [1.54, 1.807) is 30.3 Å². The molecule has 0 saturated carbocycles. The Morgan fingerprint density at radius 3 is 2.14 bits per heavy atom. The molecule has 1 aromatic heterocycles. The normalized spacial score (nSPS) is 10.1. The van der Waals surface area contributed by atoms with Crippen LogP contribution in [0.15, 0.2) is 42.6 Å². The number of pyridine rings is 1. The summed E-state index contributed by atoms with van der Waals surface area (Å²) in [6.45, 7) is 0. The van der Waals surface area contributed by atoms with Gasteiger partial charge < -0.3 is 5.11 Å². The number of phenols is 1. The third-order valence-electron chi connectivity index (χ3n) is 1.93. The number of nitrogens with zero attached hydrogens (tertiary/aromatic N) is 1. The minimum Gasteiger partial charge on any atom is -0.508 e. The van der Waals surface area contributed by atoms with E-state index in [0.29, 0.717) is 0 Å². The third kappa shape index (κ3) is 1.71. The van der Waals surface area contributed by atoms with Crippen molar-refractivity contribution in [2.24, 2.45) is 0 Å². The van der Waals surface area contributed by atoms with Gasteiger partial charge in [-0.15, -0.1) is 0 Å². The minimum absolute atomic E-state index is 0.212. The maximum absolute atomic E-state index is 12.5. The summed E-state index contributed by atoms with van der Waals surface area (Å²) in [5.41, 5.74) is 1.72. The van der Waals surface area contributed by atoms with Gasteiger partial charge in [-0.3, -0.25) is 0 Å². The minimum atomic E-state index is -0.493. The Kier molecular flexibility index (Phi) is 2.14. The van der Waals surface area contributed by atoms with Crippen LogP contribution >= 0.6 is 0 Å². The summed E-state index contributed by atoms with van der Waals surface area (Å²) in [7, 11) is 0. The van der Waals surface area contributed by atoms with Crippen LogP contribution in [0.2, 0.25) is 0 Å². The smallest absolute Gasteiger partial charge is 0.212 e. The van der Waals surface area contributed by atoms with Gasteiger partial charge in [-0.1, -0.05) is 12.1 Å². The maximum atomic E-state index is 12.5. The molecule has 0 bridgehead atoms. The second-order valence-electron chi connectivity index (χ2n) is 2.92. The first-order valence-electron chi connectivity index (χ1n) is 4.17. The molecule has 14 heavy (non-hydrogen) atoms. The number of hydrogen-bond acceptors (Lipinski definition) is 2. The van der Waals surface area contributed by atoms with Crippen molar-refractivity contribution >= 4 is 0 Å². The van der Waals surface area contributed by atoms with Gasteiger partial charge >= 0.3 is 0 Å². The monoisotopic (exact) mass is 189 g/mol. The van der Waals surface area contributed by atoms with Crippen LogP contribution in [-0.2, 0) is 0 Å². The summed E-state index contributed by atoms with van der Waals surface area (Å²) in [5.74, 6) is -0.281. The fourth-order valence-electron chi connectivity index (χ4n) is 1.20. The third-order valence-corrected chi connectivity index (χ3v) is 1.93. The van der Waals surface area contributed by atoms with Crippen molar-refractivity contribution in [3.8, 4) is 16.9 Å². The first-order chi connectivity index (χ1) is 6.75. The lowest BCUT2D eigenvalue weighted by Crippen LogP contribution is -1.82. The Morgan fingerprint density at radius 2 is 1.57 bits per heavy atom. The average Bonchev–Trinajstić information content (AvgIpc) is 2.21. The van der Waals surface area contributed by atoms with Gasteiger partial charge in [-0.2, -0.15) is 4.39 Å². The van der Waals surface area contributed by atoms with Gasteiger partial charge in [0.25, 0.3) is 0 Å². The lowest BCUT2D eigenvalue weighted by molar-refractivity contribution is 0.475. The molecule has 0 radical (unpaired) electrons. The molecule has 0 aliphatic carbocycles. The lowest BCUT2D eigenvalue weighted by atomic mass is 10.1. The maximum Gasteiger partial charge on any atom is 0.212 e. The van der Waals surface area contributed by atoms with Crippen LogP contribution in [0.25, 0.3) is 11.1 Å². The SMILES string of the molecule is Oc1ccc(-c2ccc(F)nc2)cc1. The largest absolute Gasteiger partial charge is 0.508 e. The first-order valence-corrected chi connectivity index (χ1v) is 4.17. The molecule has 2 nitrogen and oxygen atoms in total. The van der Waals surface area contributed by atoms with Gasteiger partial charge in [0.1, 0.15) is 5.75 Å². The highest BCUT2D eigenvalue weighted by Crippen LogP contribution is 2.20. The van der Waals surface area contributed by atoms with Crippen molar-refractivity contribution in [1.29, 1.82) is 0 Å². The molecule has 0 saturated heterocycles. The van der Waals surface area contributed by atoms with Crippen molar-refractivity contribution in [1.82, 2.24) is 4.98 Å². The molecule has 3 heteroatoms. The van der Waals surface area contributed by atoms with E-state index >= 15 is 0 Å². The molecule has 2 aromatic rings. The number of benzene rings is 1.